The minimum absolute atomic E-state index is 0.00245. The van der Waals surface area contributed by atoms with E-state index in [2.05, 4.69) is 31.5 Å². The van der Waals surface area contributed by atoms with Crippen LogP contribution in [0.2, 0.25) is 5.02 Å². The van der Waals surface area contributed by atoms with Crippen molar-refractivity contribution in [3.63, 3.8) is 0 Å². The molecule has 1 atom stereocenters. The van der Waals surface area contributed by atoms with Crippen molar-refractivity contribution in [2.45, 2.75) is 12.5 Å². The Bertz CT molecular complexity index is 1940. The topological polar surface area (TPSA) is 236 Å². The second-order valence-electron chi connectivity index (χ2n) is 12.8. The summed E-state index contributed by atoms with van der Waals surface area (Å²) in [4.78, 5) is 38.0. The van der Waals surface area contributed by atoms with Gasteiger partial charge in [0.2, 0.25) is 11.8 Å². The summed E-state index contributed by atoms with van der Waals surface area (Å²) < 4.78 is 54.2. The van der Waals surface area contributed by atoms with Crippen LogP contribution in [0, 0.1) is 5.82 Å². The van der Waals surface area contributed by atoms with E-state index in [4.69, 9.17) is 49.9 Å². The van der Waals surface area contributed by atoms with Gasteiger partial charge in [0.1, 0.15) is 19.1 Å². The second-order valence-corrected chi connectivity index (χ2v) is 13.3. The van der Waals surface area contributed by atoms with Crippen molar-refractivity contribution < 1.29 is 62.1 Å². The van der Waals surface area contributed by atoms with Crippen LogP contribution < -0.4 is 16.0 Å². The van der Waals surface area contributed by atoms with E-state index in [1.165, 1.54) is 53.5 Å². The molecule has 1 heterocycles. The second kappa shape index (κ2) is 29.0. The third-order valence-corrected chi connectivity index (χ3v) is 8.67. The largest absolute Gasteiger partial charge is 0.478 e. The van der Waals surface area contributed by atoms with Crippen LogP contribution in [-0.4, -0.2) is 153 Å². The van der Waals surface area contributed by atoms with Gasteiger partial charge in [0.15, 0.2) is 5.82 Å². The summed E-state index contributed by atoms with van der Waals surface area (Å²) in [7, 11) is 0. The molecule has 1 aromatic heterocycles. The smallest absolute Gasteiger partial charge is 0.335 e. The van der Waals surface area contributed by atoms with Crippen molar-refractivity contribution >= 4 is 46.8 Å². The summed E-state index contributed by atoms with van der Waals surface area (Å²) in [6, 6.07) is 14.4. The van der Waals surface area contributed by atoms with Gasteiger partial charge in [0.25, 0.3) is 0 Å². The zero-order valence-electron chi connectivity index (χ0n) is 33.9. The number of benzene rings is 3. The first-order chi connectivity index (χ1) is 30.2. The molecular formula is C41H51ClFN7O12. The number of aromatic nitrogens is 4. The number of nitrogens with zero attached hydrogens (tertiary/aromatic N) is 4. The van der Waals surface area contributed by atoms with Gasteiger partial charge < -0.3 is 59.3 Å². The number of carboxylic acids is 1. The number of carboxylic acid groups (broad SMARTS) is 1. The predicted molar refractivity (Wildman–Crippen MR) is 224 cm³/mol. The van der Waals surface area contributed by atoms with Crippen LogP contribution in [0.25, 0.3) is 11.8 Å². The Balaban J connectivity index is 1.15. The average Bonchev–Trinajstić information content (AvgIpc) is 3.81. The molecule has 0 aliphatic carbocycles. The fraction of sp³-hybridized carbons (Fsp3) is 0.415. The van der Waals surface area contributed by atoms with Gasteiger partial charge in [-0.2, -0.15) is 4.68 Å². The third kappa shape index (κ3) is 18.7. The lowest BCUT2D eigenvalue weighted by atomic mass is 10.0. The van der Waals surface area contributed by atoms with E-state index in [9.17, 15) is 19.5 Å². The zero-order chi connectivity index (χ0) is 44.2. The summed E-state index contributed by atoms with van der Waals surface area (Å²) in [6.45, 7) is 5.66. The first-order valence-corrected chi connectivity index (χ1v) is 19.9. The van der Waals surface area contributed by atoms with Crippen LogP contribution in [-0.2, 0) is 49.2 Å². The van der Waals surface area contributed by atoms with E-state index in [0.717, 1.165) is 11.8 Å². The number of carbonyl (C=O) groups is 3. The number of aliphatic hydroxyl groups is 1. The first-order valence-electron chi connectivity index (χ1n) is 19.6. The normalized spacial score (nSPS) is 11.8. The van der Waals surface area contributed by atoms with E-state index in [-0.39, 0.29) is 41.6 Å². The molecule has 0 aliphatic rings. The Hall–Kier alpha value is -5.42. The molecule has 4 rings (SSSR count). The highest BCUT2D eigenvalue weighted by atomic mass is 35.5. The van der Waals surface area contributed by atoms with Gasteiger partial charge in [0, 0.05) is 29.4 Å². The number of carbonyl (C=O) groups excluding carboxylic acids is 2. The number of nitrogens with one attached hydrogen (secondary N) is 3. The van der Waals surface area contributed by atoms with Crippen LogP contribution in [0.4, 0.5) is 15.8 Å². The molecule has 0 saturated heterocycles. The fourth-order valence-corrected chi connectivity index (χ4v) is 5.45. The molecule has 4 aromatic rings. The number of anilines is 2. The standard InChI is InChI=1S/C41H51ClFN7O12/c42-35-10-11-37(50-28-45-48-49-50)34(39(35)43)9-12-38(52)47-36(40(53)46-33-7-3-31(4-8-33)41(54)55)27-30-1-5-32(6-2-30)44-29-62-26-25-61-24-23-60-22-21-59-20-19-58-18-17-57-16-15-56-14-13-51/h1-12,28,36,44,51H,13-27,29H2,(H,46,53)(H,47,52)(H,54,55)/b12-9+/t36-/m0/s1. The van der Waals surface area contributed by atoms with Crippen molar-refractivity contribution in [1.29, 1.82) is 0 Å². The summed E-state index contributed by atoms with van der Waals surface area (Å²) in [5.41, 5.74) is 1.98. The monoisotopic (exact) mass is 887 g/mol. The van der Waals surface area contributed by atoms with Crippen LogP contribution in [0.15, 0.2) is 73.1 Å². The Labute approximate surface area is 362 Å². The highest BCUT2D eigenvalue weighted by Crippen LogP contribution is 2.25. The highest BCUT2D eigenvalue weighted by Gasteiger charge is 2.22. The molecule has 21 heteroatoms. The van der Waals surface area contributed by atoms with E-state index < -0.39 is 29.6 Å². The number of rotatable bonds is 32. The predicted octanol–water partition coefficient (Wildman–Crippen LogP) is 3.01. The molecule has 336 valence electrons. The molecule has 0 radical (unpaired) electrons. The number of aromatic carboxylic acids is 1. The van der Waals surface area contributed by atoms with Gasteiger partial charge in [-0.15, -0.1) is 5.10 Å². The van der Waals surface area contributed by atoms with Crippen molar-refractivity contribution in [3.8, 4) is 5.69 Å². The van der Waals surface area contributed by atoms with Crippen LogP contribution in [0.1, 0.15) is 21.5 Å². The molecule has 2 amide bonds. The summed E-state index contributed by atoms with van der Waals surface area (Å²) >= 11 is 6.01. The number of halogens is 2. The first kappa shape index (κ1) is 49.2. The number of hydrogen-bond donors (Lipinski definition) is 5. The van der Waals surface area contributed by atoms with Crippen molar-refractivity contribution in [2.75, 3.05) is 110 Å². The molecule has 19 nitrogen and oxygen atoms in total. The van der Waals surface area contributed by atoms with E-state index in [0.29, 0.717) is 97.1 Å². The molecule has 0 unspecified atom stereocenters. The third-order valence-electron chi connectivity index (χ3n) is 8.38. The van der Waals surface area contributed by atoms with Gasteiger partial charge in [0.05, 0.1) is 109 Å². The SMILES string of the molecule is O=C(/C=C/c1c(-n2cnnn2)ccc(Cl)c1F)N[C@@H](Cc1ccc(NCOCCOCCOCCOCCOCCOCCOCCO)cc1)C(=O)Nc1ccc(C(=O)O)cc1. The summed E-state index contributed by atoms with van der Waals surface area (Å²) in [5.74, 6) is -3.20. The van der Waals surface area contributed by atoms with Gasteiger partial charge in [-0.1, -0.05) is 23.7 Å². The average molecular weight is 888 g/mol. The molecule has 0 aliphatic heterocycles. The summed E-state index contributed by atoms with van der Waals surface area (Å²) in [6.07, 6.45) is 3.60. The minimum atomic E-state index is -1.12. The highest BCUT2D eigenvalue weighted by molar-refractivity contribution is 6.31. The Morgan fingerprint density at radius 1 is 0.742 bits per heavy atom. The van der Waals surface area contributed by atoms with Gasteiger partial charge in [-0.3, -0.25) is 9.59 Å². The fourth-order valence-electron chi connectivity index (χ4n) is 5.28. The molecular weight excluding hydrogens is 837 g/mol. The molecule has 0 bridgehead atoms. The molecule has 3 aromatic carbocycles. The van der Waals surface area contributed by atoms with E-state index >= 15 is 4.39 Å². The molecule has 0 saturated carbocycles. The Kier molecular flexibility index (Phi) is 23.0. The van der Waals surface area contributed by atoms with E-state index in [1.807, 2.05) is 0 Å². The Morgan fingerprint density at radius 2 is 1.29 bits per heavy atom. The lowest BCUT2D eigenvalue weighted by molar-refractivity contribution is -0.123. The van der Waals surface area contributed by atoms with Crippen LogP contribution in [0.3, 0.4) is 0 Å². The summed E-state index contributed by atoms with van der Waals surface area (Å²) in [5, 5.41) is 37.1. The van der Waals surface area contributed by atoms with E-state index in [1.54, 1.807) is 24.3 Å². The van der Waals surface area contributed by atoms with Gasteiger partial charge in [-0.05, 0) is 70.6 Å². The number of ether oxygens (including phenoxy) is 7. The van der Waals surface area contributed by atoms with Crippen LogP contribution >= 0.6 is 11.6 Å². The van der Waals surface area contributed by atoms with Crippen molar-refractivity contribution in [3.05, 3.63) is 101 Å². The van der Waals surface area contributed by atoms with Gasteiger partial charge >= 0.3 is 5.97 Å². The lowest BCUT2D eigenvalue weighted by Crippen LogP contribution is -2.44. The molecule has 5 N–H and O–H groups in total. The quantitative estimate of drug-likeness (QED) is 0.0269. The maximum atomic E-state index is 15.1. The number of hydrogen-bond acceptors (Lipinski definition) is 15. The van der Waals surface area contributed by atoms with Gasteiger partial charge in [-0.25, -0.2) is 9.18 Å². The number of aliphatic hydroxyl groups excluding tert-OH is 1. The molecule has 0 spiro atoms. The maximum Gasteiger partial charge on any atom is 0.335 e. The number of tetrazole rings is 1. The zero-order valence-corrected chi connectivity index (χ0v) is 34.7. The van der Waals surface area contributed by atoms with Crippen molar-refractivity contribution in [1.82, 2.24) is 25.5 Å². The molecule has 0 fully saturated rings. The van der Waals surface area contributed by atoms with Crippen LogP contribution in [0.5, 0.6) is 0 Å². The minimum Gasteiger partial charge on any atom is -0.478 e. The maximum absolute atomic E-state index is 15.1. The lowest BCUT2D eigenvalue weighted by Gasteiger charge is -2.18. The Morgan fingerprint density at radius 3 is 1.82 bits per heavy atom. The molecule has 62 heavy (non-hydrogen) atoms. The van der Waals surface area contributed by atoms with Crippen molar-refractivity contribution in [2.24, 2.45) is 0 Å². The number of amides is 2.